The summed E-state index contributed by atoms with van der Waals surface area (Å²) in [5.41, 5.74) is 2.14. The highest BCUT2D eigenvalue weighted by Crippen LogP contribution is 2.19. The van der Waals surface area contributed by atoms with Crippen molar-refractivity contribution in [1.29, 1.82) is 0 Å². The fourth-order valence-electron chi connectivity index (χ4n) is 2.42. The second-order valence-corrected chi connectivity index (χ2v) is 4.97. The molecule has 2 heterocycles. The van der Waals surface area contributed by atoms with Crippen molar-refractivity contribution >= 4 is 5.95 Å². The van der Waals surface area contributed by atoms with Crippen molar-refractivity contribution in [2.75, 3.05) is 18.5 Å². The number of hydrogen-bond donors (Lipinski definition) is 1. The average molecular weight is 257 g/mol. The molecule has 1 aliphatic rings. The monoisotopic (exact) mass is 257 g/mol. The first-order chi connectivity index (χ1) is 9.33. The lowest BCUT2D eigenvalue weighted by Crippen LogP contribution is -2.31. The Kier molecular flexibility index (Phi) is 3.51. The molecule has 0 radical (unpaired) electrons. The largest absolute Gasteiger partial charge is 0.379 e. The molecule has 0 bridgehead atoms. The van der Waals surface area contributed by atoms with Gasteiger partial charge in [-0.1, -0.05) is 18.2 Å². The van der Waals surface area contributed by atoms with Crippen molar-refractivity contribution in [2.24, 2.45) is 0 Å². The van der Waals surface area contributed by atoms with Crippen molar-refractivity contribution in [3.05, 3.63) is 42.2 Å². The van der Waals surface area contributed by atoms with Gasteiger partial charge < -0.3 is 10.1 Å². The minimum atomic E-state index is 0.359. The maximum Gasteiger partial charge on any atom is 0.208 e. The van der Waals surface area contributed by atoms with Crippen molar-refractivity contribution in [1.82, 2.24) is 9.55 Å². The van der Waals surface area contributed by atoms with Crippen LogP contribution >= 0.6 is 0 Å². The molecule has 1 aromatic carbocycles. The molecule has 1 atom stereocenters. The summed E-state index contributed by atoms with van der Waals surface area (Å²) >= 11 is 0. The molecule has 0 spiro atoms. The molecule has 100 valence electrons. The molecule has 1 aromatic heterocycles. The summed E-state index contributed by atoms with van der Waals surface area (Å²) in [6, 6.07) is 10.6. The number of ether oxygens (including phenoxy) is 1. The highest BCUT2D eigenvalue weighted by atomic mass is 16.5. The van der Waals surface area contributed by atoms with Crippen LogP contribution in [0, 0.1) is 6.92 Å². The summed E-state index contributed by atoms with van der Waals surface area (Å²) in [5.74, 6) is 0.902. The quantitative estimate of drug-likeness (QED) is 0.919. The van der Waals surface area contributed by atoms with Gasteiger partial charge in [-0.25, -0.2) is 4.98 Å². The molecular weight excluding hydrogens is 238 g/mol. The van der Waals surface area contributed by atoms with Gasteiger partial charge in [0, 0.05) is 18.5 Å². The fourth-order valence-corrected chi connectivity index (χ4v) is 2.42. The van der Waals surface area contributed by atoms with Gasteiger partial charge in [0.25, 0.3) is 0 Å². The van der Waals surface area contributed by atoms with Crippen LogP contribution < -0.4 is 5.32 Å². The van der Waals surface area contributed by atoms with E-state index in [0.717, 1.165) is 43.4 Å². The zero-order valence-corrected chi connectivity index (χ0v) is 11.2. The summed E-state index contributed by atoms with van der Waals surface area (Å²) in [7, 11) is 0. The Morgan fingerprint density at radius 3 is 2.89 bits per heavy atom. The van der Waals surface area contributed by atoms with Gasteiger partial charge in [-0.2, -0.15) is 0 Å². The van der Waals surface area contributed by atoms with E-state index < -0.39 is 0 Å². The van der Waals surface area contributed by atoms with Crippen molar-refractivity contribution < 1.29 is 4.74 Å². The third-order valence-electron chi connectivity index (χ3n) is 3.35. The van der Waals surface area contributed by atoms with Gasteiger partial charge in [0.05, 0.1) is 18.3 Å². The topological polar surface area (TPSA) is 39.1 Å². The maximum absolute atomic E-state index is 5.51. The van der Waals surface area contributed by atoms with Crippen LogP contribution in [0.3, 0.4) is 0 Å². The lowest BCUT2D eigenvalue weighted by Gasteiger charge is -2.24. The highest BCUT2D eigenvalue weighted by Gasteiger charge is 2.16. The first-order valence-electron chi connectivity index (χ1n) is 6.78. The van der Waals surface area contributed by atoms with Crippen molar-refractivity contribution in [2.45, 2.75) is 25.8 Å². The molecule has 1 fully saturated rings. The fraction of sp³-hybridized carbons (Fsp3) is 0.400. The Bertz CT molecular complexity index is 530. The Labute approximate surface area is 113 Å². The second kappa shape index (κ2) is 5.45. The summed E-state index contributed by atoms with van der Waals surface area (Å²) in [6.07, 6.45) is 4.31. The minimum absolute atomic E-state index is 0.359. The number of benzene rings is 1. The van der Waals surface area contributed by atoms with E-state index in [1.54, 1.807) is 0 Å². The number of anilines is 1. The molecule has 19 heavy (non-hydrogen) atoms. The number of para-hydroxylation sites is 1. The van der Waals surface area contributed by atoms with Gasteiger partial charge in [0.15, 0.2) is 0 Å². The number of aromatic nitrogens is 2. The Hall–Kier alpha value is -1.81. The third kappa shape index (κ3) is 2.79. The molecule has 0 saturated carbocycles. The van der Waals surface area contributed by atoms with Gasteiger partial charge in [0.1, 0.15) is 0 Å². The summed E-state index contributed by atoms with van der Waals surface area (Å²) in [5, 5.41) is 3.50. The molecule has 1 N–H and O–H groups in total. The number of aryl methyl sites for hydroxylation is 1. The molecule has 4 heteroatoms. The van der Waals surface area contributed by atoms with Crippen LogP contribution in [0.2, 0.25) is 0 Å². The van der Waals surface area contributed by atoms with Crippen LogP contribution in [0.4, 0.5) is 5.95 Å². The van der Waals surface area contributed by atoms with E-state index in [2.05, 4.69) is 33.2 Å². The first kappa shape index (κ1) is 12.2. The lowest BCUT2D eigenvalue weighted by molar-refractivity contribution is 0.0873. The Morgan fingerprint density at radius 1 is 1.32 bits per heavy atom. The maximum atomic E-state index is 5.51. The van der Waals surface area contributed by atoms with Gasteiger partial charge >= 0.3 is 0 Å². The molecule has 0 aliphatic carbocycles. The van der Waals surface area contributed by atoms with E-state index in [1.165, 1.54) is 0 Å². The average Bonchev–Trinajstić information content (AvgIpc) is 2.82. The van der Waals surface area contributed by atoms with Crippen LogP contribution in [-0.2, 0) is 4.74 Å². The zero-order valence-electron chi connectivity index (χ0n) is 11.2. The molecule has 2 aromatic rings. The van der Waals surface area contributed by atoms with Crippen LogP contribution in [0.1, 0.15) is 18.5 Å². The first-order valence-corrected chi connectivity index (χ1v) is 6.78. The third-order valence-corrected chi connectivity index (χ3v) is 3.35. The lowest BCUT2D eigenvalue weighted by atomic mass is 10.1. The van der Waals surface area contributed by atoms with E-state index in [9.17, 15) is 0 Å². The number of nitrogens with zero attached hydrogens (tertiary/aromatic N) is 2. The summed E-state index contributed by atoms with van der Waals surface area (Å²) in [4.78, 5) is 4.58. The molecule has 3 rings (SSSR count). The van der Waals surface area contributed by atoms with Crippen molar-refractivity contribution in [3.63, 3.8) is 0 Å². The predicted molar refractivity (Wildman–Crippen MR) is 75.8 cm³/mol. The Morgan fingerprint density at radius 2 is 2.16 bits per heavy atom. The molecule has 0 amide bonds. The predicted octanol–water partition coefficient (Wildman–Crippen LogP) is 2.77. The molecule has 1 aliphatic heterocycles. The van der Waals surface area contributed by atoms with E-state index in [-0.39, 0.29) is 0 Å². The number of imidazole rings is 1. The summed E-state index contributed by atoms with van der Waals surface area (Å²) < 4.78 is 7.61. The van der Waals surface area contributed by atoms with Crippen LogP contribution in [0.25, 0.3) is 5.69 Å². The van der Waals surface area contributed by atoms with E-state index in [4.69, 9.17) is 4.74 Å². The van der Waals surface area contributed by atoms with E-state index in [0.29, 0.717) is 6.04 Å². The normalized spacial score (nSPS) is 19.3. The number of hydrogen-bond acceptors (Lipinski definition) is 3. The van der Waals surface area contributed by atoms with Crippen LogP contribution in [-0.4, -0.2) is 28.8 Å². The zero-order chi connectivity index (χ0) is 13.1. The van der Waals surface area contributed by atoms with Gasteiger partial charge in [-0.3, -0.25) is 4.57 Å². The molecule has 4 nitrogen and oxygen atoms in total. The standard InChI is InChI=1S/C15H19N3O/c1-12-10-18(14-7-3-2-4-8-14)15(16-12)17-13-6-5-9-19-11-13/h2-4,7-8,10,13H,5-6,9,11H2,1H3,(H,16,17). The molecular formula is C15H19N3O. The molecule has 1 unspecified atom stereocenters. The number of nitrogens with one attached hydrogen (secondary N) is 1. The number of rotatable bonds is 3. The SMILES string of the molecule is Cc1cn(-c2ccccc2)c(NC2CCCOC2)n1. The minimum Gasteiger partial charge on any atom is -0.379 e. The second-order valence-electron chi connectivity index (χ2n) is 4.97. The summed E-state index contributed by atoms with van der Waals surface area (Å²) in [6.45, 7) is 3.66. The Balaban J connectivity index is 1.85. The van der Waals surface area contributed by atoms with E-state index in [1.807, 2.05) is 25.1 Å². The molecule has 1 saturated heterocycles. The highest BCUT2D eigenvalue weighted by molar-refractivity contribution is 5.43. The van der Waals surface area contributed by atoms with Crippen LogP contribution in [0.5, 0.6) is 0 Å². The van der Waals surface area contributed by atoms with Gasteiger partial charge in [0.2, 0.25) is 5.95 Å². The van der Waals surface area contributed by atoms with Crippen LogP contribution in [0.15, 0.2) is 36.5 Å². The van der Waals surface area contributed by atoms with Crippen molar-refractivity contribution in [3.8, 4) is 5.69 Å². The van der Waals surface area contributed by atoms with E-state index >= 15 is 0 Å². The van der Waals surface area contributed by atoms with Gasteiger partial charge in [-0.15, -0.1) is 0 Å². The smallest absolute Gasteiger partial charge is 0.208 e. The van der Waals surface area contributed by atoms with Gasteiger partial charge in [-0.05, 0) is 31.9 Å².